The van der Waals surface area contributed by atoms with Crippen molar-refractivity contribution in [3.63, 3.8) is 0 Å². The molecule has 26 heavy (non-hydrogen) atoms. The number of benzene rings is 2. The van der Waals surface area contributed by atoms with Gasteiger partial charge in [0, 0.05) is 31.2 Å². The molecule has 0 spiro atoms. The highest BCUT2D eigenvalue weighted by Gasteiger charge is 2.24. The number of nitrogens with one attached hydrogen (secondary N) is 1. The zero-order valence-corrected chi connectivity index (χ0v) is 15.9. The molecule has 1 heterocycles. The monoisotopic (exact) mass is 374 g/mol. The van der Waals surface area contributed by atoms with Gasteiger partial charge >= 0.3 is 0 Å². The van der Waals surface area contributed by atoms with Crippen molar-refractivity contribution in [2.45, 2.75) is 37.2 Å². The van der Waals surface area contributed by atoms with E-state index in [4.69, 9.17) is 4.74 Å². The van der Waals surface area contributed by atoms with Gasteiger partial charge in [0.2, 0.25) is 10.0 Å². The number of piperidine rings is 1. The summed E-state index contributed by atoms with van der Waals surface area (Å²) in [6.45, 7) is 5.20. The highest BCUT2D eigenvalue weighted by molar-refractivity contribution is 7.89. The van der Waals surface area contributed by atoms with Gasteiger partial charge in [-0.2, -0.15) is 0 Å². The van der Waals surface area contributed by atoms with Crippen LogP contribution in [0.25, 0.3) is 0 Å². The van der Waals surface area contributed by atoms with Crippen molar-refractivity contribution in [3.8, 4) is 5.75 Å². The summed E-state index contributed by atoms with van der Waals surface area (Å²) < 4.78 is 33.4. The van der Waals surface area contributed by atoms with Crippen LogP contribution in [0.2, 0.25) is 0 Å². The van der Waals surface area contributed by atoms with E-state index in [0.717, 1.165) is 38.2 Å². The first-order valence-electron chi connectivity index (χ1n) is 9.09. The van der Waals surface area contributed by atoms with Crippen molar-refractivity contribution in [1.29, 1.82) is 0 Å². The van der Waals surface area contributed by atoms with E-state index >= 15 is 0 Å². The van der Waals surface area contributed by atoms with E-state index in [-0.39, 0.29) is 6.04 Å². The summed E-state index contributed by atoms with van der Waals surface area (Å²) in [7, 11) is -3.44. The van der Waals surface area contributed by atoms with Gasteiger partial charge < -0.3 is 4.74 Å². The molecule has 0 unspecified atom stereocenters. The van der Waals surface area contributed by atoms with Crippen molar-refractivity contribution in [1.82, 2.24) is 9.62 Å². The van der Waals surface area contributed by atoms with E-state index in [1.807, 2.05) is 31.2 Å². The molecule has 0 bridgehead atoms. The van der Waals surface area contributed by atoms with Crippen LogP contribution in [0, 0.1) is 0 Å². The number of hydrogen-bond acceptors (Lipinski definition) is 4. The molecule has 1 aliphatic rings. The van der Waals surface area contributed by atoms with E-state index in [1.54, 1.807) is 24.3 Å². The lowest BCUT2D eigenvalue weighted by molar-refractivity contribution is 0.197. The molecule has 0 saturated carbocycles. The Morgan fingerprint density at radius 3 is 2.38 bits per heavy atom. The first-order valence-corrected chi connectivity index (χ1v) is 10.6. The number of likely N-dealkylation sites (tertiary alicyclic amines) is 1. The number of hydrogen-bond donors (Lipinski definition) is 1. The van der Waals surface area contributed by atoms with Crippen molar-refractivity contribution in [2.75, 3.05) is 19.7 Å². The zero-order chi connectivity index (χ0) is 18.4. The highest BCUT2D eigenvalue weighted by atomic mass is 32.2. The molecule has 3 rings (SSSR count). The first-order chi connectivity index (χ1) is 12.6. The topological polar surface area (TPSA) is 58.6 Å². The normalized spacial score (nSPS) is 16.5. The van der Waals surface area contributed by atoms with Gasteiger partial charge in [0.1, 0.15) is 5.75 Å². The first kappa shape index (κ1) is 18.9. The van der Waals surface area contributed by atoms with Crippen LogP contribution in [0.5, 0.6) is 5.75 Å². The minimum absolute atomic E-state index is 0.0152. The van der Waals surface area contributed by atoms with Crippen LogP contribution in [0.1, 0.15) is 25.3 Å². The molecule has 2 aromatic rings. The maximum atomic E-state index is 12.4. The van der Waals surface area contributed by atoms with Crippen molar-refractivity contribution >= 4 is 10.0 Å². The maximum absolute atomic E-state index is 12.4. The SMILES string of the molecule is CCOc1ccccc1CN1CCC(NS(=O)(=O)c2ccccc2)CC1. The van der Waals surface area contributed by atoms with Crippen molar-refractivity contribution in [3.05, 3.63) is 60.2 Å². The summed E-state index contributed by atoms with van der Waals surface area (Å²) in [6, 6.07) is 16.6. The number of rotatable bonds is 7. The average molecular weight is 375 g/mol. The fourth-order valence-electron chi connectivity index (χ4n) is 3.27. The Morgan fingerprint density at radius 2 is 1.69 bits per heavy atom. The molecule has 0 atom stereocenters. The predicted molar refractivity (Wildman–Crippen MR) is 103 cm³/mol. The van der Waals surface area contributed by atoms with E-state index in [9.17, 15) is 8.42 Å². The van der Waals surface area contributed by atoms with Crippen LogP contribution < -0.4 is 9.46 Å². The van der Waals surface area contributed by atoms with E-state index in [2.05, 4.69) is 15.7 Å². The predicted octanol–water partition coefficient (Wildman–Crippen LogP) is 3.03. The second kappa shape index (κ2) is 8.66. The molecule has 6 heteroatoms. The quantitative estimate of drug-likeness (QED) is 0.809. The Bertz CT molecular complexity index is 801. The standard InChI is InChI=1S/C20H26N2O3S/c1-2-25-20-11-7-6-8-17(20)16-22-14-12-18(13-15-22)21-26(23,24)19-9-4-3-5-10-19/h3-11,18,21H,2,12-16H2,1H3. The second-order valence-corrected chi connectivity index (χ2v) is 8.24. The second-order valence-electron chi connectivity index (χ2n) is 6.53. The van der Waals surface area contributed by atoms with Gasteiger partial charge in [-0.1, -0.05) is 36.4 Å². The lowest BCUT2D eigenvalue weighted by Gasteiger charge is -2.32. The molecule has 0 amide bonds. The minimum atomic E-state index is -3.44. The average Bonchev–Trinajstić information content (AvgIpc) is 2.66. The molecular formula is C20H26N2O3S. The number of nitrogens with zero attached hydrogens (tertiary/aromatic N) is 1. The fraction of sp³-hybridized carbons (Fsp3) is 0.400. The zero-order valence-electron chi connectivity index (χ0n) is 15.1. The van der Waals surface area contributed by atoms with Crippen LogP contribution in [-0.4, -0.2) is 39.1 Å². The third kappa shape index (κ3) is 4.84. The highest BCUT2D eigenvalue weighted by Crippen LogP contribution is 2.22. The van der Waals surface area contributed by atoms with Crippen LogP contribution in [0.3, 0.4) is 0 Å². The van der Waals surface area contributed by atoms with Crippen LogP contribution in [0.4, 0.5) is 0 Å². The maximum Gasteiger partial charge on any atom is 0.240 e. The summed E-state index contributed by atoms with van der Waals surface area (Å²) in [5.74, 6) is 0.932. The third-order valence-electron chi connectivity index (χ3n) is 4.63. The smallest absolute Gasteiger partial charge is 0.240 e. The molecule has 5 nitrogen and oxygen atoms in total. The van der Waals surface area contributed by atoms with Gasteiger partial charge in [0.05, 0.1) is 11.5 Å². The lowest BCUT2D eigenvalue weighted by atomic mass is 10.1. The molecule has 1 saturated heterocycles. The van der Waals surface area contributed by atoms with Gasteiger partial charge in [-0.25, -0.2) is 13.1 Å². The summed E-state index contributed by atoms with van der Waals surface area (Å²) in [6.07, 6.45) is 1.62. The molecule has 2 aromatic carbocycles. The van der Waals surface area contributed by atoms with Crippen LogP contribution >= 0.6 is 0 Å². The molecule has 0 radical (unpaired) electrons. The fourth-order valence-corrected chi connectivity index (χ4v) is 4.59. The summed E-state index contributed by atoms with van der Waals surface area (Å²) in [5.41, 5.74) is 1.18. The van der Waals surface area contributed by atoms with Gasteiger partial charge in [-0.15, -0.1) is 0 Å². The third-order valence-corrected chi connectivity index (χ3v) is 6.17. The Morgan fingerprint density at radius 1 is 1.04 bits per heavy atom. The molecular weight excluding hydrogens is 348 g/mol. The molecule has 1 aliphatic heterocycles. The molecule has 140 valence electrons. The molecule has 0 aliphatic carbocycles. The summed E-state index contributed by atoms with van der Waals surface area (Å²) in [4.78, 5) is 2.68. The Hall–Kier alpha value is -1.89. The molecule has 0 aromatic heterocycles. The van der Waals surface area contributed by atoms with Crippen molar-refractivity contribution < 1.29 is 13.2 Å². The minimum Gasteiger partial charge on any atom is -0.494 e. The van der Waals surface area contributed by atoms with Crippen LogP contribution in [0.15, 0.2) is 59.5 Å². The lowest BCUT2D eigenvalue weighted by Crippen LogP contribution is -2.44. The Kier molecular flexibility index (Phi) is 6.29. The van der Waals surface area contributed by atoms with E-state index in [1.165, 1.54) is 5.56 Å². The van der Waals surface area contributed by atoms with E-state index in [0.29, 0.717) is 11.5 Å². The largest absolute Gasteiger partial charge is 0.494 e. The van der Waals surface area contributed by atoms with E-state index < -0.39 is 10.0 Å². The van der Waals surface area contributed by atoms with Crippen LogP contribution in [-0.2, 0) is 16.6 Å². The Balaban J connectivity index is 1.55. The van der Waals surface area contributed by atoms with Crippen molar-refractivity contribution in [2.24, 2.45) is 0 Å². The summed E-state index contributed by atoms with van der Waals surface area (Å²) >= 11 is 0. The van der Waals surface area contributed by atoms with Gasteiger partial charge in [0.25, 0.3) is 0 Å². The van der Waals surface area contributed by atoms with Gasteiger partial charge in [0.15, 0.2) is 0 Å². The number of para-hydroxylation sites is 1. The van der Waals surface area contributed by atoms with Gasteiger partial charge in [-0.3, -0.25) is 4.90 Å². The Labute approximate surface area is 156 Å². The molecule has 1 fully saturated rings. The number of ether oxygens (including phenoxy) is 1. The number of sulfonamides is 1. The summed E-state index contributed by atoms with van der Waals surface area (Å²) in [5, 5.41) is 0. The van der Waals surface area contributed by atoms with Gasteiger partial charge in [-0.05, 0) is 38.0 Å². The molecule has 1 N–H and O–H groups in total.